The molecule has 2 aliphatic heterocycles. The van der Waals surface area contributed by atoms with E-state index in [1.54, 1.807) is 13.1 Å². The molecule has 1 N–H and O–H groups in total. The second-order valence-electron chi connectivity index (χ2n) is 8.24. The number of rotatable bonds is 3. The molecule has 6 heteroatoms. The van der Waals surface area contributed by atoms with E-state index in [1.165, 1.54) is 5.57 Å². The van der Waals surface area contributed by atoms with Crippen molar-refractivity contribution in [2.45, 2.75) is 51.7 Å². The lowest BCUT2D eigenvalue weighted by Gasteiger charge is -2.42. The lowest BCUT2D eigenvalue weighted by molar-refractivity contribution is -0.132. The Morgan fingerprint density at radius 2 is 2.15 bits per heavy atom. The standard InChI is InChI=1S/C21H28N4O2/c1-14-16(5-9-22-3)18-12-23-13-25(18)19(14)17-4-6-21(20(17)27)7-10-24(11-8-21)15(2)26/h5,9,12-13,17,19-20,27H,3-4,6-8,10-11H2,1-2H3/b9-5-. The van der Waals surface area contributed by atoms with E-state index in [-0.39, 0.29) is 29.4 Å². The predicted molar refractivity (Wildman–Crippen MR) is 105 cm³/mol. The van der Waals surface area contributed by atoms with Crippen LogP contribution in [-0.4, -0.2) is 51.4 Å². The van der Waals surface area contributed by atoms with Crippen molar-refractivity contribution in [2.24, 2.45) is 16.3 Å². The average molecular weight is 368 g/mol. The molecule has 1 aliphatic carbocycles. The van der Waals surface area contributed by atoms with Crippen molar-refractivity contribution in [1.29, 1.82) is 0 Å². The summed E-state index contributed by atoms with van der Waals surface area (Å²) in [5.74, 6) is 0.309. The van der Waals surface area contributed by atoms with E-state index in [2.05, 4.69) is 28.2 Å². The largest absolute Gasteiger partial charge is 0.392 e. The van der Waals surface area contributed by atoms with Crippen LogP contribution in [0.5, 0.6) is 0 Å². The fourth-order valence-electron chi connectivity index (χ4n) is 5.53. The number of aromatic nitrogens is 2. The van der Waals surface area contributed by atoms with Crippen LogP contribution in [0.2, 0.25) is 0 Å². The summed E-state index contributed by atoms with van der Waals surface area (Å²) in [7, 11) is 0. The zero-order valence-corrected chi connectivity index (χ0v) is 16.1. The molecule has 3 aliphatic rings. The second-order valence-corrected chi connectivity index (χ2v) is 8.24. The summed E-state index contributed by atoms with van der Waals surface area (Å²) < 4.78 is 2.20. The first-order valence-corrected chi connectivity index (χ1v) is 9.77. The van der Waals surface area contributed by atoms with Gasteiger partial charge in [0.2, 0.25) is 5.91 Å². The number of fused-ring (bicyclic) bond motifs is 1. The molecular formula is C21H28N4O2. The van der Waals surface area contributed by atoms with Gasteiger partial charge in [-0.3, -0.25) is 9.79 Å². The quantitative estimate of drug-likeness (QED) is 0.834. The van der Waals surface area contributed by atoms with Gasteiger partial charge in [-0.1, -0.05) is 0 Å². The number of hydrogen-bond donors (Lipinski definition) is 1. The maximum Gasteiger partial charge on any atom is 0.219 e. The molecule has 1 aromatic rings. The number of likely N-dealkylation sites (tertiary alicyclic amines) is 1. The summed E-state index contributed by atoms with van der Waals surface area (Å²) in [5.41, 5.74) is 3.41. The number of allylic oxidation sites excluding steroid dienone is 3. The monoisotopic (exact) mass is 368 g/mol. The van der Waals surface area contributed by atoms with E-state index in [1.807, 2.05) is 23.5 Å². The maximum absolute atomic E-state index is 11.7. The second kappa shape index (κ2) is 6.75. The van der Waals surface area contributed by atoms with Crippen molar-refractivity contribution >= 4 is 18.2 Å². The fourth-order valence-corrected chi connectivity index (χ4v) is 5.53. The van der Waals surface area contributed by atoms with Crippen LogP contribution in [-0.2, 0) is 4.79 Å². The molecule has 0 aromatic carbocycles. The van der Waals surface area contributed by atoms with Crippen LogP contribution >= 0.6 is 0 Å². The number of hydrogen-bond acceptors (Lipinski definition) is 4. The number of carbonyl (C=O) groups is 1. The topological polar surface area (TPSA) is 70.7 Å². The highest BCUT2D eigenvalue weighted by Gasteiger charge is 2.52. The minimum Gasteiger partial charge on any atom is -0.392 e. The minimum atomic E-state index is -0.359. The summed E-state index contributed by atoms with van der Waals surface area (Å²) in [6.07, 6.45) is 10.9. The molecule has 3 atom stereocenters. The molecule has 0 radical (unpaired) electrons. The maximum atomic E-state index is 11.7. The van der Waals surface area contributed by atoms with Crippen molar-refractivity contribution in [1.82, 2.24) is 14.5 Å². The lowest BCUT2D eigenvalue weighted by Crippen LogP contribution is -2.47. The lowest BCUT2D eigenvalue weighted by atomic mass is 9.73. The number of imidazole rings is 1. The van der Waals surface area contributed by atoms with Crippen molar-refractivity contribution in [2.75, 3.05) is 13.1 Å². The fraction of sp³-hybridized carbons (Fsp3) is 0.571. The molecule has 1 saturated heterocycles. The van der Waals surface area contributed by atoms with Gasteiger partial charge in [0.05, 0.1) is 30.4 Å². The highest BCUT2D eigenvalue weighted by molar-refractivity contribution is 5.78. The Hall–Kier alpha value is -2.21. The Balaban J connectivity index is 1.60. The third-order valence-corrected chi connectivity index (χ3v) is 7.08. The van der Waals surface area contributed by atoms with Crippen molar-refractivity contribution in [3.63, 3.8) is 0 Å². The number of aliphatic hydroxyl groups is 1. The normalized spacial score (nSPS) is 29.7. The van der Waals surface area contributed by atoms with Gasteiger partial charge in [-0.15, -0.1) is 0 Å². The minimum absolute atomic E-state index is 0.0566. The van der Waals surface area contributed by atoms with E-state index in [9.17, 15) is 9.90 Å². The van der Waals surface area contributed by atoms with Gasteiger partial charge in [-0.25, -0.2) is 4.98 Å². The number of amides is 1. The third-order valence-electron chi connectivity index (χ3n) is 7.08. The molecule has 1 spiro atoms. The summed E-state index contributed by atoms with van der Waals surface area (Å²) in [6.45, 7) is 8.82. The van der Waals surface area contributed by atoms with E-state index in [0.717, 1.165) is 50.0 Å². The van der Waals surface area contributed by atoms with Crippen LogP contribution < -0.4 is 0 Å². The van der Waals surface area contributed by atoms with E-state index in [4.69, 9.17) is 0 Å². The molecule has 2 fully saturated rings. The van der Waals surface area contributed by atoms with Gasteiger partial charge >= 0.3 is 0 Å². The van der Waals surface area contributed by atoms with E-state index in [0.29, 0.717) is 0 Å². The molecule has 144 valence electrons. The van der Waals surface area contributed by atoms with Gasteiger partial charge in [-0.05, 0) is 51.0 Å². The van der Waals surface area contributed by atoms with Gasteiger partial charge < -0.3 is 14.6 Å². The Labute approximate surface area is 160 Å². The summed E-state index contributed by atoms with van der Waals surface area (Å²) in [6, 6.07) is 0.132. The first-order valence-electron chi connectivity index (χ1n) is 9.77. The Bertz CT molecular complexity index is 814. The van der Waals surface area contributed by atoms with Crippen LogP contribution in [0.1, 0.15) is 51.3 Å². The zero-order valence-electron chi connectivity index (χ0n) is 16.1. The first kappa shape index (κ1) is 18.2. The number of nitrogens with zero attached hydrogens (tertiary/aromatic N) is 4. The number of aliphatic hydroxyl groups excluding tert-OH is 1. The van der Waals surface area contributed by atoms with Crippen molar-refractivity contribution in [3.05, 3.63) is 36.1 Å². The smallest absolute Gasteiger partial charge is 0.219 e. The molecule has 1 aromatic heterocycles. The van der Waals surface area contributed by atoms with E-state index < -0.39 is 0 Å². The Morgan fingerprint density at radius 3 is 2.81 bits per heavy atom. The molecule has 3 heterocycles. The Morgan fingerprint density at radius 1 is 1.41 bits per heavy atom. The molecule has 6 nitrogen and oxygen atoms in total. The first-order chi connectivity index (χ1) is 13.0. The van der Waals surface area contributed by atoms with Crippen LogP contribution in [0.3, 0.4) is 0 Å². The summed E-state index contributed by atoms with van der Waals surface area (Å²) >= 11 is 0. The number of piperidine rings is 1. The highest BCUT2D eigenvalue weighted by Crippen LogP contribution is 2.55. The van der Waals surface area contributed by atoms with Gasteiger partial charge in [0.25, 0.3) is 0 Å². The van der Waals surface area contributed by atoms with Gasteiger partial charge in [0, 0.05) is 43.1 Å². The van der Waals surface area contributed by atoms with E-state index >= 15 is 0 Å². The predicted octanol–water partition coefficient (Wildman–Crippen LogP) is 2.83. The number of carbonyl (C=O) groups excluding carboxylic acids is 1. The van der Waals surface area contributed by atoms with Crippen LogP contribution in [0.25, 0.3) is 5.57 Å². The molecule has 1 saturated carbocycles. The molecule has 4 rings (SSSR count). The molecule has 3 unspecified atom stereocenters. The third kappa shape index (κ3) is 2.78. The zero-order chi connectivity index (χ0) is 19.2. The Kier molecular flexibility index (Phi) is 4.54. The highest BCUT2D eigenvalue weighted by atomic mass is 16.3. The van der Waals surface area contributed by atoms with Crippen molar-refractivity contribution in [3.8, 4) is 0 Å². The van der Waals surface area contributed by atoms with Gasteiger partial charge in [0.15, 0.2) is 0 Å². The van der Waals surface area contributed by atoms with Gasteiger partial charge in [-0.2, -0.15) is 0 Å². The van der Waals surface area contributed by atoms with Crippen LogP contribution in [0.15, 0.2) is 35.4 Å². The number of aliphatic imine (C=N–C) groups is 1. The van der Waals surface area contributed by atoms with Crippen LogP contribution in [0.4, 0.5) is 0 Å². The molecule has 0 bridgehead atoms. The SMILES string of the molecule is C=N/C=C\C1=C(C)C(C2CCC3(CCN(C(C)=O)CC3)C2O)n2cncc21. The van der Waals surface area contributed by atoms with Gasteiger partial charge in [0.1, 0.15) is 0 Å². The summed E-state index contributed by atoms with van der Waals surface area (Å²) in [4.78, 5) is 21.7. The molecule has 27 heavy (non-hydrogen) atoms. The van der Waals surface area contributed by atoms with Crippen molar-refractivity contribution < 1.29 is 9.90 Å². The molecule has 1 amide bonds. The average Bonchev–Trinajstić information content (AvgIpc) is 3.30. The molecular weight excluding hydrogens is 340 g/mol. The summed E-state index contributed by atoms with van der Waals surface area (Å²) in [5, 5.41) is 11.4. The van der Waals surface area contributed by atoms with Crippen LogP contribution in [0, 0.1) is 11.3 Å².